The second-order valence-electron chi connectivity index (χ2n) is 5.64. The van der Waals surface area contributed by atoms with Crippen LogP contribution in [0.25, 0.3) is 0 Å². The Kier molecular flexibility index (Phi) is 4.45. The van der Waals surface area contributed by atoms with Crippen LogP contribution in [0.3, 0.4) is 0 Å². The molecule has 2 aromatic carbocycles. The van der Waals surface area contributed by atoms with Gasteiger partial charge in [-0.3, -0.25) is 0 Å². The molecule has 1 aliphatic rings. The van der Waals surface area contributed by atoms with E-state index in [9.17, 15) is 15.0 Å². The summed E-state index contributed by atoms with van der Waals surface area (Å²) in [5, 5.41) is 36.7. The number of benzene rings is 2. The lowest BCUT2D eigenvalue weighted by molar-refractivity contribution is 0.0693. The van der Waals surface area contributed by atoms with E-state index in [2.05, 4.69) is 10.2 Å². The van der Waals surface area contributed by atoms with E-state index in [1.54, 1.807) is 0 Å². The number of azo groups is 1. The molecule has 2 aromatic rings. The van der Waals surface area contributed by atoms with Gasteiger partial charge >= 0.3 is 5.97 Å². The van der Waals surface area contributed by atoms with E-state index in [1.165, 1.54) is 30.4 Å². The smallest absolute Gasteiger partial charge is 0.339 e. The van der Waals surface area contributed by atoms with Crippen molar-refractivity contribution in [1.82, 2.24) is 0 Å². The zero-order valence-electron chi connectivity index (χ0n) is 13.1. The van der Waals surface area contributed by atoms with E-state index in [4.69, 9.17) is 5.11 Å². The highest BCUT2D eigenvalue weighted by Crippen LogP contribution is 2.29. The summed E-state index contributed by atoms with van der Waals surface area (Å²) in [5.41, 5.74) is -0.552. The maximum atomic E-state index is 11.0. The second-order valence-corrected chi connectivity index (χ2v) is 5.64. The minimum absolute atomic E-state index is 0.0453. The average molecular weight is 336 g/mol. The summed E-state index contributed by atoms with van der Waals surface area (Å²) in [4.78, 5) is 11.0. The number of carboxylic acids is 1. The fraction of sp³-hybridized carbons (Fsp3) is 0.105. The number of carbonyl (C=O) groups is 1. The van der Waals surface area contributed by atoms with Crippen LogP contribution >= 0.6 is 0 Å². The first-order valence-electron chi connectivity index (χ1n) is 7.62. The molecule has 0 amide bonds. The Hall–Kier alpha value is -3.25. The van der Waals surface area contributed by atoms with Crippen LogP contribution in [0.4, 0.5) is 5.69 Å². The maximum Gasteiger partial charge on any atom is 0.339 e. The molecule has 0 saturated carbocycles. The van der Waals surface area contributed by atoms with Crippen LogP contribution in [0.15, 0.2) is 83.1 Å². The number of nitrogens with zero attached hydrogens (tertiary/aromatic N) is 2. The SMILES string of the molecule is O=C(O)c1cc(/N=N/C2(O)C=CC(c3ccccc3)C=C2)ccc1O. The zero-order valence-corrected chi connectivity index (χ0v) is 13.1. The molecule has 25 heavy (non-hydrogen) atoms. The number of aromatic hydroxyl groups is 1. The maximum absolute atomic E-state index is 11.0. The van der Waals surface area contributed by atoms with Crippen molar-refractivity contribution in [3.63, 3.8) is 0 Å². The van der Waals surface area contributed by atoms with Crippen molar-refractivity contribution in [2.75, 3.05) is 0 Å². The van der Waals surface area contributed by atoms with E-state index in [-0.39, 0.29) is 22.9 Å². The Balaban J connectivity index is 1.77. The Morgan fingerprint density at radius 1 is 1.04 bits per heavy atom. The normalized spacial score (nSPS) is 22.4. The molecule has 0 aliphatic heterocycles. The first-order chi connectivity index (χ1) is 12.0. The Bertz CT molecular complexity index is 858. The molecule has 0 unspecified atom stereocenters. The second kappa shape index (κ2) is 6.70. The third kappa shape index (κ3) is 3.81. The van der Waals surface area contributed by atoms with Gasteiger partial charge in [-0.15, -0.1) is 5.11 Å². The summed E-state index contributed by atoms with van der Waals surface area (Å²) in [6.07, 6.45) is 6.72. The lowest BCUT2D eigenvalue weighted by Gasteiger charge is -2.20. The van der Waals surface area contributed by atoms with Gasteiger partial charge in [-0.1, -0.05) is 42.5 Å². The molecule has 3 rings (SSSR count). The minimum Gasteiger partial charge on any atom is -0.507 e. The highest BCUT2D eigenvalue weighted by atomic mass is 16.4. The van der Waals surface area contributed by atoms with Crippen molar-refractivity contribution >= 4 is 11.7 Å². The van der Waals surface area contributed by atoms with Crippen LogP contribution in [0, 0.1) is 0 Å². The molecule has 0 atom stereocenters. The summed E-state index contributed by atoms with van der Waals surface area (Å²) < 4.78 is 0. The van der Waals surface area contributed by atoms with Crippen molar-refractivity contribution in [3.8, 4) is 5.75 Å². The molecule has 0 spiro atoms. The van der Waals surface area contributed by atoms with Crippen LogP contribution in [0.1, 0.15) is 21.8 Å². The predicted molar refractivity (Wildman–Crippen MR) is 92.0 cm³/mol. The van der Waals surface area contributed by atoms with Crippen molar-refractivity contribution in [1.29, 1.82) is 0 Å². The van der Waals surface area contributed by atoms with E-state index >= 15 is 0 Å². The van der Waals surface area contributed by atoms with Crippen molar-refractivity contribution in [2.45, 2.75) is 11.6 Å². The Labute approximate surface area is 144 Å². The summed E-state index contributed by atoms with van der Waals surface area (Å²) in [7, 11) is 0. The fourth-order valence-electron chi connectivity index (χ4n) is 2.47. The molecule has 0 fully saturated rings. The van der Waals surface area contributed by atoms with Gasteiger partial charge < -0.3 is 15.3 Å². The van der Waals surface area contributed by atoms with Gasteiger partial charge in [-0.05, 0) is 35.9 Å². The molecule has 0 saturated heterocycles. The first kappa shape index (κ1) is 16.6. The molecule has 0 bridgehead atoms. The van der Waals surface area contributed by atoms with Crippen molar-refractivity contribution in [2.24, 2.45) is 10.2 Å². The summed E-state index contributed by atoms with van der Waals surface area (Å²) >= 11 is 0. The van der Waals surface area contributed by atoms with Gasteiger partial charge in [0.15, 0.2) is 0 Å². The lowest BCUT2D eigenvalue weighted by Crippen LogP contribution is -2.21. The van der Waals surface area contributed by atoms with Gasteiger partial charge in [0.2, 0.25) is 5.72 Å². The number of phenols is 1. The number of hydrogen-bond donors (Lipinski definition) is 3. The molecule has 0 heterocycles. The summed E-state index contributed by atoms with van der Waals surface area (Å²) in [6, 6.07) is 13.6. The van der Waals surface area contributed by atoms with Gasteiger partial charge in [-0.2, -0.15) is 5.11 Å². The predicted octanol–water partition coefficient (Wildman–Crippen LogP) is 3.77. The molecule has 126 valence electrons. The van der Waals surface area contributed by atoms with E-state index in [0.29, 0.717) is 0 Å². The van der Waals surface area contributed by atoms with Gasteiger partial charge in [0.25, 0.3) is 0 Å². The third-order valence-electron chi connectivity index (χ3n) is 3.82. The van der Waals surface area contributed by atoms with Crippen molar-refractivity contribution < 1.29 is 20.1 Å². The van der Waals surface area contributed by atoms with Gasteiger partial charge in [0, 0.05) is 5.92 Å². The minimum atomic E-state index is -1.59. The molecular formula is C19H16N2O4. The number of allylic oxidation sites excluding steroid dienone is 2. The molecule has 6 heteroatoms. The Morgan fingerprint density at radius 2 is 1.72 bits per heavy atom. The first-order valence-corrected chi connectivity index (χ1v) is 7.62. The van der Waals surface area contributed by atoms with Gasteiger partial charge in [0.05, 0.1) is 5.69 Å². The van der Waals surface area contributed by atoms with Gasteiger partial charge in [-0.25, -0.2) is 4.79 Å². The van der Waals surface area contributed by atoms with E-state index in [1.807, 2.05) is 42.5 Å². The largest absolute Gasteiger partial charge is 0.507 e. The van der Waals surface area contributed by atoms with Crippen LogP contribution in [-0.2, 0) is 0 Å². The molecule has 6 nitrogen and oxygen atoms in total. The third-order valence-corrected chi connectivity index (χ3v) is 3.82. The molecule has 3 N–H and O–H groups in total. The quantitative estimate of drug-likeness (QED) is 0.584. The average Bonchev–Trinajstić information content (AvgIpc) is 2.62. The van der Waals surface area contributed by atoms with Crippen LogP contribution in [0.5, 0.6) is 5.75 Å². The molecule has 0 aromatic heterocycles. The number of hydrogen-bond acceptors (Lipinski definition) is 5. The van der Waals surface area contributed by atoms with Gasteiger partial charge in [0.1, 0.15) is 11.3 Å². The van der Waals surface area contributed by atoms with E-state index in [0.717, 1.165) is 5.56 Å². The Morgan fingerprint density at radius 3 is 2.36 bits per heavy atom. The fourth-order valence-corrected chi connectivity index (χ4v) is 2.47. The number of aromatic carboxylic acids is 1. The molecule has 0 radical (unpaired) electrons. The van der Waals surface area contributed by atoms with Crippen molar-refractivity contribution in [3.05, 3.63) is 84.0 Å². The van der Waals surface area contributed by atoms with E-state index < -0.39 is 11.7 Å². The molecular weight excluding hydrogens is 320 g/mol. The summed E-state index contributed by atoms with van der Waals surface area (Å²) in [6.45, 7) is 0. The number of rotatable bonds is 4. The highest BCUT2D eigenvalue weighted by molar-refractivity contribution is 5.91. The zero-order chi connectivity index (χ0) is 17.9. The number of aliphatic hydroxyl groups is 1. The van der Waals surface area contributed by atoms with Crippen LogP contribution < -0.4 is 0 Å². The summed E-state index contributed by atoms with van der Waals surface area (Å²) in [5.74, 6) is -1.58. The lowest BCUT2D eigenvalue weighted by atomic mass is 9.92. The molecule has 1 aliphatic carbocycles. The number of carboxylic acid groups (broad SMARTS) is 1. The van der Waals surface area contributed by atoms with Crippen LogP contribution in [-0.4, -0.2) is 27.0 Å². The monoisotopic (exact) mass is 336 g/mol. The van der Waals surface area contributed by atoms with Crippen LogP contribution in [0.2, 0.25) is 0 Å². The highest BCUT2D eigenvalue weighted by Gasteiger charge is 2.23. The standard InChI is InChI=1S/C19H16N2O4/c22-17-7-6-15(12-16(17)18(23)24)20-21-19(25)10-8-14(9-11-19)13-4-2-1-3-5-13/h1-12,14,22,25H,(H,23,24)/b21-20+. The topological polar surface area (TPSA) is 102 Å².